The smallest absolute Gasteiger partial charge is 0.243 e. The summed E-state index contributed by atoms with van der Waals surface area (Å²) in [5.74, 6) is 1.33. The van der Waals surface area contributed by atoms with Gasteiger partial charge in [-0.25, -0.2) is 4.98 Å². The van der Waals surface area contributed by atoms with E-state index in [4.69, 9.17) is 4.98 Å². The third-order valence-corrected chi connectivity index (χ3v) is 8.18. The Hall–Kier alpha value is -3.15. The van der Waals surface area contributed by atoms with Crippen molar-refractivity contribution in [3.63, 3.8) is 0 Å². The molecule has 0 radical (unpaired) electrons. The van der Waals surface area contributed by atoms with E-state index in [1.54, 1.807) is 0 Å². The lowest BCUT2D eigenvalue weighted by molar-refractivity contribution is -0.135. The van der Waals surface area contributed by atoms with E-state index in [-0.39, 0.29) is 30.3 Å². The van der Waals surface area contributed by atoms with Gasteiger partial charge in [-0.3, -0.25) is 9.59 Å². The van der Waals surface area contributed by atoms with Gasteiger partial charge in [0, 0.05) is 31.5 Å². The number of amides is 2. The molecule has 0 aliphatic heterocycles. The van der Waals surface area contributed by atoms with Crippen LogP contribution in [0.3, 0.4) is 0 Å². The summed E-state index contributed by atoms with van der Waals surface area (Å²) in [6.45, 7) is 1.46. The molecule has 0 spiro atoms. The third-order valence-electron chi connectivity index (χ3n) is 8.18. The monoisotopic (exact) mass is 500 g/mol. The number of nitrogens with one attached hydrogen (secondary N) is 1. The molecule has 2 saturated carbocycles. The van der Waals surface area contributed by atoms with E-state index in [1.807, 2.05) is 42.5 Å². The number of fused-ring (bicyclic) bond motifs is 1. The Kier molecular flexibility index (Phi) is 8.54. The summed E-state index contributed by atoms with van der Waals surface area (Å²) in [6.07, 6.45) is 11.9. The number of para-hydroxylation sites is 2. The molecular formula is C31H40N4O2. The van der Waals surface area contributed by atoms with Crippen molar-refractivity contribution in [3.8, 4) is 0 Å². The minimum absolute atomic E-state index is 0.145. The number of carbonyl (C=O) groups excluding carboxylic acids is 2. The highest BCUT2D eigenvalue weighted by Gasteiger charge is 2.27. The standard InChI is InChI=1S/C31H40N4O2/c36-30(34(26-16-8-3-9-17-26)22-24-12-4-1-5-13-24)23-35-28-19-11-10-18-27(28)33-29(35)20-21-32-31(37)25-14-6-2-7-15-25/h1,4-5,10-13,18-19,25-26H,2-3,6-9,14-17,20-23H2,(H,32,37). The fourth-order valence-corrected chi connectivity index (χ4v) is 6.12. The second kappa shape index (κ2) is 12.4. The Bertz CT molecular complexity index is 1180. The number of carbonyl (C=O) groups is 2. The Labute approximate surface area is 220 Å². The van der Waals surface area contributed by atoms with Crippen LogP contribution >= 0.6 is 0 Å². The summed E-state index contributed by atoms with van der Waals surface area (Å²) >= 11 is 0. The van der Waals surface area contributed by atoms with Gasteiger partial charge in [0.1, 0.15) is 12.4 Å². The number of imidazole rings is 1. The molecule has 0 unspecified atom stereocenters. The quantitative estimate of drug-likeness (QED) is 0.414. The van der Waals surface area contributed by atoms with Gasteiger partial charge < -0.3 is 14.8 Å². The minimum Gasteiger partial charge on any atom is -0.355 e. The first kappa shape index (κ1) is 25.5. The molecule has 2 amide bonds. The van der Waals surface area contributed by atoms with Gasteiger partial charge in [-0.1, -0.05) is 81.0 Å². The van der Waals surface area contributed by atoms with Crippen molar-refractivity contribution in [2.75, 3.05) is 6.54 Å². The van der Waals surface area contributed by atoms with Crippen molar-refractivity contribution < 1.29 is 9.59 Å². The van der Waals surface area contributed by atoms with Crippen LogP contribution in [0.15, 0.2) is 54.6 Å². The number of rotatable bonds is 9. The van der Waals surface area contributed by atoms with E-state index in [1.165, 1.54) is 31.2 Å². The van der Waals surface area contributed by atoms with Gasteiger partial charge in [-0.2, -0.15) is 0 Å². The molecule has 6 heteroatoms. The molecule has 0 saturated heterocycles. The molecule has 2 aliphatic rings. The lowest BCUT2D eigenvalue weighted by atomic mass is 9.89. The highest BCUT2D eigenvalue weighted by Crippen LogP contribution is 2.26. The third kappa shape index (κ3) is 6.41. The maximum Gasteiger partial charge on any atom is 0.243 e. The zero-order valence-electron chi connectivity index (χ0n) is 21.9. The Morgan fingerprint density at radius 3 is 2.30 bits per heavy atom. The number of hydrogen-bond acceptors (Lipinski definition) is 3. The lowest BCUT2D eigenvalue weighted by Crippen LogP contribution is -2.42. The average molecular weight is 501 g/mol. The molecule has 1 heterocycles. The van der Waals surface area contributed by atoms with E-state index in [0.717, 1.165) is 55.4 Å². The molecule has 2 aromatic carbocycles. The number of benzene rings is 2. The predicted octanol–water partition coefficient (Wildman–Crippen LogP) is 5.64. The van der Waals surface area contributed by atoms with Crippen LogP contribution < -0.4 is 5.32 Å². The summed E-state index contributed by atoms with van der Waals surface area (Å²) < 4.78 is 2.07. The minimum atomic E-state index is 0.145. The van der Waals surface area contributed by atoms with Crippen LogP contribution in [0.1, 0.15) is 75.6 Å². The Morgan fingerprint density at radius 1 is 0.865 bits per heavy atom. The average Bonchev–Trinajstić information content (AvgIpc) is 3.30. The van der Waals surface area contributed by atoms with Crippen molar-refractivity contribution in [1.82, 2.24) is 19.8 Å². The van der Waals surface area contributed by atoms with Gasteiger partial charge in [-0.15, -0.1) is 0 Å². The van der Waals surface area contributed by atoms with Crippen molar-refractivity contribution >= 4 is 22.8 Å². The fraction of sp³-hybridized carbons (Fsp3) is 0.516. The first-order valence-electron chi connectivity index (χ1n) is 14.2. The summed E-state index contributed by atoms with van der Waals surface area (Å²) in [4.78, 5) is 33.5. The highest BCUT2D eigenvalue weighted by molar-refractivity contribution is 5.81. The van der Waals surface area contributed by atoms with Crippen LogP contribution in [-0.2, 0) is 29.1 Å². The van der Waals surface area contributed by atoms with Crippen LogP contribution in [0, 0.1) is 5.92 Å². The van der Waals surface area contributed by atoms with Crippen LogP contribution in [0.5, 0.6) is 0 Å². The molecule has 3 aromatic rings. The fourth-order valence-electron chi connectivity index (χ4n) is 6.12. The van der Waals surface area contributed by atoms with Crippen molar-refractivity contribution in [1.29, 1.82) is 0 Å². The van der Waals surface area contributed by atoms with Gasteiger partial charge in [0.25, 0.3) is 0 Å². The Balaban J connectivity index is 1.32. The first-order valence-corrected chi connectivity index (χ1v) is 14.2. The summed E-state index contributed by atoms with van der Waals surface area (Å²) in [5.41, 5.74) is 3.05. The predicted molar refractivity (Wildman–Crippen MR) is 147 cm³/mol. The lowest BCUT2D eigenvalue weighted by Gasteiger charge is -2.35. The van der Waals surface area contributed by atoms with E-state index < -0.39 is 0 Å². The summed E-state index contributed by atoms with van der Waals surface area (Å²) in [6, 6.07) is 18.6. The summed E-state index contributed by atoms with van der Waals surface area (Å²) in [5, 5.41) is 3.15. The van der Waals surface area contributed by atoms with Gasteiger partial charge in [0.15, 0.2) is 0 Å². The molecule has 6 nitrogen and oxygen atoms in total. The SMILES string of the molecule is O=C(NCCc1nc2ccccc2n1CC(=O)N(Cc1ccccc1)C1CCCCC1)C1CCCCC1. The molecule has 37 heavy (non-hydrogen) atoms. The van der Waals surface area contributed by atoms with Crippen LogP contribution in [-0.4, -0.2) is 38.9 Å². The van der Waals surface area contributed by atoms with Crippen molar-refractivity contribution in [2.24, 2.45) is 5.92 Å². The molecule has 2 aliphatic carbocycles. The highest BCUT2D eigenvalue weighted by atomic mass is 16.2. The Morgan fingerprint density at radius 2 is 1.54 bits per heavy atom. The van der Waals surface area contributed by atoms with E-state index >= 15 is 0 Å². The van der Waals surface area contributed by atoms with E-state index in [9.17, 15) is 9.59 Å². The van der Waals surface area contributed by atoms with Gasteiger partial charge in [0.05, 0.1) is 11.0 Å². The molecule has 196 valence electrons. The second-order valence-corrected chi connectivity index (χ2v) is 10.8. The van der Waals surface area contributed by atoms with Gasteiger partial charge in [0.2, 0.25) is 11.8 Å². The first-order chi connectivity index (χ1) is 18.2. The van der Waals surface area contributed by atoms with Crippen LogP contribution in [0.25, 0.3) is 11.0 Å². The molecule has 0 atom stereocenters. The molecule has 1 aromatic heterocycles. The zero-order chi connectivity index (χ0) is 25.5. The molecule has 0 bridgehead atoms. The van der Waals surface area contributed by atoms with Crippen LogP contribution in [0.4, 0.5) is 0 Å². The number of aromatic nitrogens is 2. The molecule has 5 rings (SSSR count). The van der Waals surface area contributed by atoms with Gasteiger partial charge in [-0.05, 0) is 43.4 Å². The number of nitrogens with zero attached hydrogens (tertiary/aromatic N) is 3. The topological polar surface area (TPSA) is 67.2 Å². The second-order valence-electron chi connectivity index (χ2n) is 10.8. The normalized spacial score (nSPS) is 17.1. The molecular weight excluding hydrogens is 460 g/mol. The van der Waals surface area contributed by atoms with E-state index in [2.05, 4.69) is 26.9 Å². The maximum absolute atomic E-state index is 13.9. The molecule has 1 N–H and O–H groups in total. The maximum atomic E-state index is 13.9. The molecule has 2 fully saturated rings. The van der Waals surface area contributed by atoms with Gasteiger partial charge >= 0.3 is 0 Å². The van der Waals surface area contributed by atoms with Crippen LogP contribution in [0.2, 0.25) is 0 Å². The largest absolute Gasteiger partial charge is 0.355 e. The van der Waals surface area contributed by atoms with Crippen molar-refractivity contribution in [2.45, 2.75) is 89.8 Å². The van der Waals surface area contributed by atoms with E-state index in [0.29, 0.717) is 19.5 Å². The zero-order valence-corrected chi connectivity index (χ0v) is 21.9. The number of hydrogen-bond donors (Lipinski definition) is 1. The summed E-state index contributed by atoms with van der Waals surface area (Å²) in [7, 11) is 0. The van der Waals surface area contributed by atoms with Crippen molar-refractivity contribution in [3.05, 3.63) is 66.0 Å².